The van der Waals surface area contributed by atoms with E-state index in [1.807, 2.05) is 17.8 Å². The Morgan fingerprint density at radius 1 is 1.23 bits per heavy atom. The van der Waals surface area contributed by atoms with Gasteiger partial charge in [0.25, 0.3) is 6.43 Å². The molecule has 1 aliphatic carbocycles. The second kappa shape index (κ2) is 9.21. The van der Waals surface area contributed by atoms with Crippen molar-refractivity contribution in [2.24, 2.45) is 0 Å². The second-order valence-corrected chi connectivity index (χ2v) is 10.7. The average molecular weight is 506 g/mol. The molecule has 1 saturated carbocycles. The Bertz CT molecular complexity index is 1200. The summed E-state index contributed by atoms with van der Waals surface area (Å²) in [7, 11) is 0. The van der Waals surface area contributed by atoms with Crippen LogP contribution in [-0.4, -0.2) is 66.3 Å². The smallest absolute Gasteiger partial charge is 0.284 e. The van der Waals surface area contributed by atoms with Gasteiger partial charge in [-0.3, -0.25) is 4.68 Å². The van der Waals surface area contributed by atoms with Crippen molar-refractivity contribution in [1.82, 2.24) is 24.4 Å². The van der Waals surface area contributed by atoms with E-state index in [0.717, 1.165) is 44.5 Å². The first-order valence-electron chi connectivity index (χ1n) is 12.1. The highest BCUT2D eigenvalue weighted by atomic mass is 32.2. The maximum atomic E-state index is 13.8. The molecule has 3 aromatic heterocycles. The molecular formula is C23H29F2N7O2S. The van der Waals surface area contributed by atoms with Gasteiger partial charge in [-0.15, -0.1) is 0 Å². The molecule has 3 aromatic rings. The van der Waals surface area contributed by atoms with E-state index >= 15 is 0 Å². The van der Waals surface area contributed by atoms with Gasteiger partial charge in [0.15, 0.2) is 17.6 Å². The van der Waals surface area contributed by atoms with Gasteiger partial charge in [-0.25, -0.2) is 18.3 Å². The number of nitrogens with zero attached hydrogens (tertiary/aromatic N) is 6. The van der Waals surface area contributed by atoms with Gasteiger partial charge in [0.05, 0.1) is 42.2 Å². The number of nitrogens with one attached hydrogen (secondary N) is 1. The molecule has 12 heteroatoms. The molecule has 5 heterocycles. The van der Waals surface area contributed by atoms with Gasteiger partial charge in [-0.05, 0) is 44.4 Å². The summed E-state index contributed by atoms with van der Waals surface area (Å²) in [5, 5.41) is 22.9. The van der Waals surface area contributed by atoms with Crippen LogP contribution in [-0.2, 0) is 4.74 Å². The highest BCUT2D eigenvalue weighted by Gasteiger charge is 2.39. The summed E-state index contributed by atoms with van der Waals surface area (Å²) >= 11 is 1.86. The topological polar surface area (TPSA) is 92.7 Å². The Hall–Kier alpha value is -2.44. The first kappa shape index (κ1) is 23.0. The Balaban J connectivity index is 1.24. The number of aliphatic hydroxyl groups excluding tert-OH is 1. The van der Waals surface area contributed by atoms with Crippen molar-refractivity contribution in [2.45, 2.75) is 68.2 Å². The maximum Gasteiger partial charge on any atom is 0.284 e. The third-order valence-corrected chi connectivity index (χ3v) is 8.62. The van der Waals surface area contributed by atoms with Crippen LogP contribution in [0.3, 0.4) is 0 Å². The van der Waals surface area contributed by atoms with Gasteiger partial charge in [-0.2, -0.15) is 22.0 Å². The number of aromatic nitrogens is 5. The minimum absolute atomic E-state index is 0.0876. The summed E-state index contributed by atoms with van der Waals surface area (Å²) in [6, 6.07) is 2.29. The number of morpholine rings is 1. The van der Waals surface area contributed by atoms with Gasteiger partial charge >= 0.3 is 0 Å². The van der Waals surface area contributed by atoms with Gasteiger partial charge < -0.3 is 20.1 Å². The van der Waals surface area contributed by atoms with Crippen LogP contribution in [0, 0.1) is 0 Å². The van der Waals surface area contributed by atoms with Crippen LogP contribution in [0.1, 0.15) is 62.1 Å². The van der Waals surface area contributed by atoms with Crippen molar-refractivity contribution >= 4 is 28.9 Å². The largest absolute Gasteiger partial charge is 0.374 e. The molecule has 0 amide bonds. The zero-order valence-corrected chi connectivity index (χ0v) is 20.2. The number of alkyl halides is 2. The minimum atomic E-state index is -2.75. The van der Waals surface area contributed by atoms with Crippen LogP contribution in [0.15, 0.2) is 24.7 Å². The van der Waals surface area contributed by atoms with Crippen molar-refractivity contribution < 1.29 is 18.6 Å². The molecule has 3 unspecified atom stereocenters. The second-order valence-electron chi connectivity index (χ2n) is 9.57. The molecule has 0 aromatic carbocycles. The lowest BCUT2D eigenvalue weighted by Crippen LogP contribution is -2.37. The highest BCUT2D eigenvalue weighted by Crippen LogP contribution is 2.37. The molecular weight excluding hydrogens is 476 g/mol. The molecule has 3 aliphatic rings. The molecule has 0 spiro atoms. The molecule has 3 fully saturated rings. The lowest BCUT2D eigenvalue weighted by Gasteiger charge is -2.27. The van der Waals surface area contributed by atoms with E-state index in [2.05, 4.69) is 26.7 Å². The molecule has 188 valence electrons. The SMILES string of the molecule is CS[C@H]1CC[C@H](n2cc(NC(O)c3cnn4ccc(N5CC6CC5CO6)nc34)c(C(F)F)n2)CC1. The van der Waals surface area contributed by atoms with Gasteiger partial charge in [0.1, 0.15) is 5.82 Å². The van der Waals surface area contributed by atoms with E-state index < -0.39 is 12.7 Å². The van der Waals surface area contributed by atoms with Crippen LogP contribution < -0.4 is 10.2 Å². The van der Waals surface area contributed by atoms with Crippen LogP contribution in [0.4, 0.5) is 20.3 Å². The van der Waals surface area contributed by atoms with Crippen molar-refractivity contribution in [3.05, 3.63) is 35.9 Å². The predicted molar refractivity (Wildman–Crippen MR) is 129 cm³/mol. The van der Waals surface area contributed by atoms with Crippen LogP contribution in [0.5, 0.6) is 0 Å². The lowest BCUT2D eigenvalue weighted by atomic mass is 9.95. The Morgan fingerprint density at radius 2 is 2.06 bits per heavy atom. The Labute approximate surface area is 205 Å². The average Bonchev–Trinajstić information content (AvgIpc) is 3.66. The summed E-state index contributed by atoms with van der Waals surface area (Å²) < 4.78 is 36.6. The monoisotopic (exact) mass is 505 g/mol. The summed E-state index contributed by atoms with van der Waals surface area (Å²) in [6.45, 7) is 1.47. The molecule has 2 bridgehead atoms. The van der Waals surface area contributed by atoms with Crippen LogP contribution >= 0.6 is 11.8 Å². The summed E-state index contributed by atoms with van der Waals surface area (Å²) in [4.78, 5) is 6.97. The number of aliphatic hydroxyl groups is 1. The molecule has 9 nitrogen and oxygen atoms in total. The fourth-order valence-corrected chi connectivity index (χ4v) is 6.29. The maximum absolute atomic E-state index is 13.8. The zero-order chi connectivity index (χ0) is 24.1. The van der Waals surface area contributed by atoms with E-state index in [9.17, 15) is 13.9 Å². The number of ether oxygens (including phenoxy) is 1. The van der Waals surface area contributed by atoms with Crippen LogP contribution in [0.25, 0.3) is 5.65 Å². The Morgan fingerprint density at radius 3 is 2.74 bits per heavy atom. The normalized spacial score (nSPS) is 27.3. The van der Waals surface area contributed by atoms with Crippen molar-refractivity contribution in [3.63, 3.8) is 0 Å². The number of anilines is 2. The quantitative estimate of drug-likeness (QED) is 0.469. The van der Waals surface area contributed by atoms with Gasteiger partial charge in [0, 0.05) is 24.2 Å². The van der Waals surface area contributed by atoms with E-state index in [0.29, 0.717) is 29.1 Å². The number of fused-ring (bicyclic) bond motifs is 3. The Kier molecular flexibility index (Phi) is 6.05. The minimum Gasteiger partial charge on any atom is -0.374 e. The summed E-state index contributed by atoms with van der Waals surface area (Å²) in [6.07, 6.45) is 8.12. The molecule has 35 heavy (non-hydrogen) atoms. The molecule has 2 saturated heterocycles. The van der Waals surface area contributed by atoms with Gasteiger partial charge in [0.2, 0.25) is 0 Å². The summed E-state index contributed by atoms with van der Waals surface area (Å²) in [5.74, 6) is 0.796. The van der Waals surface area contributed by atoms with Crippen molar-refractivity contribution in [3.8, 4) is 0 Å². The third kappa shape index (κ3) is 4.25. The highest BCUT2D eigenvalue weighted by molar-refractivity contribution is 7.99. The van der Waals surface area contributed by atoms with Crippen molar-refractivity contribution in [2.75, 3.05) is 29.6 Å². The van der Waals surface area contributed by atoms with Gasteiger partial charge in [-0.1, -0.05) is 0 Å². The molecule has 2 aliphatic heterocycles. The standard InChI is InChI=1S/C23H29F2N7O2S/c1-35-16-4-2-13(3-5-16)32-11-18(20(29-32)21(24)25)27-23(33)17-9-26-31-7-6-19(28-22(17)31)30-10-15-8-14(30)12-34-15/h6-7,9,11,13-16,21,23,27,33H,2-5,8,10,12H2,1H3/t13-,14?,15?,16-,23?. The molecule has 0 radical (unpaired) electrons. The number of rotatable bonds is 7. The van der Waals surface area contributed by atoms with E-state index in [1.165, 1.54) is 6.20 Å². The third-order valence-electron chi connectivity index (χ3n) is 7.48. The number of hydrogen-bond acceptors (Lipinski definition) is 8. The predicted octanol–water partition coefficient (Wildman–Crippen LogP) is 3.79. The molecule has 2 N–H and O–H groups in total. The number of hydrogen-bond donors (Lipinski definition) is 2. The number of halogens is 2. The van der Waals surface area contributed by atoms with E-state index in [-0.39, 0.29) is 23.5 Å². The van der Waals surface area contributed by atoms with E-state index in [4.69, 9.17) is 9.72 Å². The summed E-state index contributed by atoms with van der Waals surface area (Å²) in [5.41, 5.74) is 0.673. The van der Waals surface area contributed by atoms with Crippen molar-refractivity contribution in [1.29, 1.82) is 0 Å². The van der Waals surface area contributed by atoms with E-state index in [1.54, 1.807) is 21.6 Å². The fraction of sp³-hybridized carbons (Fsp3) is 0.609. The first-order chi connectivity index (χ1) is 17.0. The van der Waals surface area contributed by atoms with Crippen LogP contribution in [0.2, 0.25) is 0 Å². The number of thioether (sulfide) groups is 1. The molecule has 6 rings (SSSR count). The zero-order valence-electron chi connectivity index (χ0n) is 19.4. The molecule has 3 atom stereocenters. The first-order valence-corrected chi connectivity index (χ1v) is 13.4. The fourth-order valence-electron chi connectivity index (χ4n) is 5.55. The lowest BCUT2D eigenvalue weighted by molar-refractivity contribution is 0.0989.